The fraction of sp³-hybridized carbons (Fsp3) is 0.571. The molecule has 0 amide bonds. The second-order valence-corrected chi connectivity index (χ2v) is 3.01. The predicted molar refractivity (Wildman–Crippen MR) is 38.5 cm³/mol. The summed E-state index contributed by atoms with van der Waals surface area (Å²) in [5.74, 6) is 0. The summed E-state index contributed by atoms with van der Waals surface area (Å²) in [6.45, 7) is 4.67. The van der Waals surface area contributed by atoms with E-state index < -0.39 is 6.16 Å². The van der Waals surface area contributed by atoms with Gasteiger partial charge in [-0.1, -0.05) is 6.58 Å². The number of hydrogen-bond donors (Lipinski definition) is 0. The number of carbonyl (C=O) groups excluding carboxylic acids is 1. The number of likely N-dealkylation sites (N-methyl/N-ethyl adjacent to an activating group) is 1. The summed E-state index contributed by atoms with van der Waals surface area (Å²) in [6, 6.07) is 0. The molecule has 0 aliphatic carbocycles. The molecule has 5 heteroatoms. The number of hydrogen-bond acceptors (Lipinski definition) is 3. The van der Waals surface area contributed by atoms with Gasteiger partial charge in [-0.25, -0.2) is 0 Å². The van der Waals surface area contributed by atoms with Crippen LogP contribution in [0.1, 0.15) is 0 Å². The minimum Gasteiger partial charge on any atom is -1.00 e. The van der Waals surface area contributed by atoms with Crippen LogP contribution in [0.4, 0.5) is 4.79 Å². The molecular formula is C7H14ClNO3-2. The topological polar surface area (TPSA) is 63.2 Å². The molecule has 0 aromatic rings. The molecule has 0 unspecified atom stereocenters. The van der Waals surface area contributed by atoms with Crippen molar-refractivity contribution in [3.63, 3.8) is 0 Å². The van der Waals surface area contributed by atoms with E-state index in [0.717, 1.165) is 11.0 Å². The van der Waals surface area contributed by atoms with Crippen LogP contribution in [0.15, 0.2) is 12.7 Å². The number of carbonyl (C=O) groups is 1. The Morgan fingerprint density at radius 3 is 1.67 bits per heavy atom. The lowest BCUT2D eigenvalue weighted by Gasteiger charge is -2.21. The molecule has 0 rings (SSSR count). The van der Waals surface area contributed by atoms with Gasteiger partial charge in [-0.05, 0) is 12.2 Å². The smallest absolute Gasteiger partial charge is 0.0964 e. The second kappa shape index (κ2) is 8.36. The van der Waals surface area contributed by atoms with Gasteiger partial charge in [-0.15, -0.1) is 0 Å². The Morgan fingerprint density at radius 1 is 1.42 bits per heavy atom. The zero-order chi connectivity index (χ0) is 9.49. The molecule has 4 nitrogen and oxygen atoms in total. The summed E-state index contributed by atoms with van der Waals surface area (Å²) in [6.07, 6.45) is -0.403. The number of nitrogens with zero attached hydrogens (tertiary/aromatic N) is 1. The van der Waals surface area contributed by atoms with E-state index in [1.807, 2.05) is 6.08 Å². The van der Waals surface area contributed by atoms with Crippen LogP contribution in [-0.4, -0.2) is 38.3 Å². The van der Waals surface area contributed by atoms with Crippen molar-refractivity contribution in [2.75, 3.05) is 27.7 Å². The normalized spacial score (nSPS) is 8.58. The number of halogens is 1. The van der Waals surface area contributed by atoms with Gasteiger partial charge in [0.15, 0.2) is 0 Å². The Balaban J connectivity index is -0.000000142. The molecule has 0 fully saturated rings. The van der Waals surface area contributed by atoms with Crippen LogP contribution in [0.2, 0.25) is 0 Å². The second-order valence-electron chi connectivity index (χ2n) is 3.01. The summed E-state index contributed by atoms with van der Waals surface area (Å²) in [4.78, 5) is 8.33. The van der Waals surface area contributed by atoms with Crippen molar-refractivity contribution in [3.05, 3.63) is 12.7 Å². The Kier molecular flexibility index (Phi) is 12.1. The molecule has 0 saturated carbocycles. The SMILES string of the molecule is C=CC[N+](C)(C)C.O=C([O-])[O-].[Cl-]. The van der Waals surface area contributed by atoms with E-state index >= 15 is 0 Å². The molecule has 0 aromatic heterocycles. The molecule has 0 saturated heterocycles. The van der Waals surface area contributed by atoms with Crippen molar-refractivity contribution >= 4 is 6.16 Å². The van der Waals surface area contributed by atoms with Crippen molar-refractivity contribution in [1.82, 2.24) is 0 Å². The average Bonchev–Trinajstić information content (AvgIpc) is 1.58. The Morgan fingerprint density at radius 2 is 1.67 bits per heavy atom. The maximum Gasteiger partial charge on any atom is 0.0964 e. The average molecular weight is 196 g/mol. The van der Waals surface area contributed by atoms with Crippen LogP contribution in [-0.2, 0) is 0 Å². The first-order valence-corrected chi connectivity index (χ1v) is 3.09. The van der Waals surface area contributed by atoms with Gasteiger partial charge in [0, 0.05) is 0 Å². The zero-order valence-electron chi connectivity index (χ0n) is 7.54. The Bertz CT molecular complexity index is 127. The maximum absolute atomic E-state index is 8.33. The number of carboxylic acid groups (broad SMARTS) is 2. The van der Waals surface area contributed by atoms with E-state index in [0.29, 0.717) is 0 Å². The van der Waals surface area contributed by atoms with E-state index in [2.05, 4.69) is 27.7 Å². The van der Waals surface area contributed by atoms with E-state index in [9.17, 15) is 0 Å². The van der Waals surface area contributed by atoms with Gasteiger partial charge in [0.25, 0.3) is 0 Å². The lowest BCUT2D eigenvalue weighted by atomic mass is 10.5. The van der Waals surface area contributed by atoms with Crippen LogP contribution < -0.4 is 22.6 Å². The standard InChI is InChI=1S/C6H14N.CH2O3.ClH/c1-5-6-7(2,3)4;2-1(3)4;/h5H,1,6H2,2-4H3;(H2,2,3,4);1H/q+1;;/p-3. The van der Waals surface area contributed by atoms with Gasteiger partial charge in [0.1, 0.15) is 0 Å². The van der Waals surface area contributed by atoms with E-state index in [4.69, 9.17) is 15.0 Å². The summed E-state index contributed by atoms with van der Waals surface area (Å²) in [7, 11) is 6.42. The molecule has 0 aliphatic heterocycles. The third kappa shape index (κ3) is 59.4. The minimum atomic E-state index is -2.33. The highest BCUT2D eigenvalue weighted by atomic mass is 35.5. The van der Waals surface area contributed by atoms with Gasteiger partial charge in [-0.2, -0.15) is 0 Å². The monoisotopic (exact) mass is 195 g/mol. The fourth-order valence-electron chi connectivity index (χ4n) is 0.387. The third-order valence-corrected chi connectivity index (χ3v) is 0.677. The zero-order valence-corrected chi connectivity index (χ0v) is 8.30. The minimum absolute atomic E-state index is 0. The van der Waals surface area contributed by atoms with Gasteiger partial charge in [0.05, 0.1) is 27.7 Å². The lowest BCUT2D eigenvalue weighted by Crippen LogP contribution is -3.00. The molecule has 0 N–H and O–H groups in total. The first-order valence-electron chi connectivity index (χ1n) is 3.09. The van der Waals surface area contributed by atoms with Crippen LogP contribution in [0.25, 0.3) is 0 Å². The first kappa shape index (κ1) is 17.4. The summed E-state index contributed by atoms with van der Waals surface area (Å²) in [5.41, 5.74) is 0. The molecule has 0 heterocycles. The summed E-state index contributed by atoms with van der Waals surface area (Å²) in [5, 5.41) is 16.7. The van der Waals surface area contributed by atoms with Crippen molar-refractivity contribution < 1.29 is 31.9 Å². The van der Waals surface area contributed by atoms with Gasteiger partial charge >= 0.3 is 0 Å². The Labute approximate surface area is 79.1 Å². The molecule has 0 aliphatic rings. The maximum atomic E-state index is 8.33. The summed E-state index contributed by atoms with van der Waals surface area (Å²) < 4.78 is 0.976. The van der Waals surface area contributed by atoms with Gasteiger partial charge < -0.3 is 31.9 Å². The van der Waals surface area contributed by atoms with Gasteiger partial charge in [-0.3, -0.25) is 0 Å². The first-order chi connectivity index (χ1) is 4.79. The number of quaternary nitrogens is 1. The van der Waals surface area contributed by atoms with Gasteiger partial charge in [0.2, 0.25) is 0 Å². The van der Waals surface area contributed by atoms with E-state index in [-0.39, 0.29) is 12.4 Å². The van der Waals surface area contributed by atoms with Crippen LogP contribution in [0.5, 0.6) is 0 Å². The molecule has 0 atom stereocenters. The fourth-order valence-corrected chi connectivity index (χ4v) is 0.387. The van der Waals surface area contributed by atoms with E-state index in [1.165, 1.54) is 0 Å². The highest BCUT2D eigenvalue weighted by Crippen LogP contribution is 1.86. The molecular weight excluding hydrogens is 182 g/mol. The predicted octanol–water partition coefficient (Wildman–Crippen LogP) is -4.56. The summed E-state index contributed by atoms with van der Waals surface area (Å²) >= 11 is 0. The lowest BCUT2D eigenvalue weighted by molar-refractivity contribution is -0.864. The molecule has 0 spiro atoms. The van der Waals surface area contributed by atoms with Crippen LogP contribution in [0.3, 0.4) is 0 Å². The van der Waals surface area contributed by atoms with Crippen molar-refractivity contribution in [1.29, 1.82) is 0 Å². The molecule has 0 bridgehead atoms. The van der Waals surface area contributed by atoms with Crippen LogP contribution in [0, 0.1) is 0 Å². The van der Waals surface area contributed by atoms with Crippen molar-refractivity contribution in [2.45, 2.75) is 0 Å². The highest BCUT2D eigenvalue weighted by molar-refractivity contribution is 5.47. The van der Waals surface area contributed by atoms with Crippen molar-refractivity contribution in [3.8, 4) is 0 Å². The number of rotatable bonds is 2. The molecule has 74 valence electrons. The third-order valence-electron chi connectivity index (χ3n) is 0.677. The molecule has 0 radical (unpaired) electrons. The molecule has 12 heavy (non-hydrogen) atoms. The van der Waals surface area contributed by atoms with E-state index in [1.54, 1.807) is 0 Å². The largest absolute Gasteiger partial charge is 1.00 e. The molecule has 0 aromatic carbocycles. The van der Waals surface area contributed by atoms with Crippen LogP contribution >= 0.6 is 0 Å². The van der Waals surface area contributed by atoms with Crippen molar-refractivity contribution in [2.24, 2.45) is 0 Å². The quantitative estimate of drug-likeness (QED) is 0.329. The highest BCUT2D eigenvalue weighted by Gasteiger charge is 1.99. The Hall–Kier alpha value is -0.740.